The summed E-state index contributed by atoms with van der Waals surface area (Å²) in [6.07, 6.45) is 7.57. The van der Waals surface area contributed by atoms with Crippen LogP contribution in [-0.2, 0) is 4.79 Å². The van der Waals surface area contributed by atoms with Gasteiger partial charge in [-0.15, -0.1) is 0 Å². The fraction of sp³-hybridized carbons (Fsp3) is 0.174. The molecule has 6 heteroatoms. The summed E-state index contributed by atoms with van der Waals surface area (Å²) in [5, 5.41) is 17.1. The first-order valence-corrected chi connectivity index (χ1v) is 10.4. The third-order valence-electron chi connectivity index (χ3n) is 5.07. The third-order valence-corrected chi connectivity index (χ3v) is 5.84. The van der Waals surface area contributed by atoms with Gasteiger partial charge in [0, 0.05) is 29.3 Å². The van der Waals surface area contributed by atoms with Gasteiger partial charge in [-0.25, -0.2) is 9.19 Å². The minimum atomic E-state index is -0.950. The van der Waals surface area contributed by atoms with Crippen LogP contribution in [0.5, 0.6) is 0 Å². The van der Waals surface area contributed by atoms with Gasteiger partial charge >= 0.3 is 5.97 Å². The summed E-state index contributed by atoms with van der Waals surface area (Å²) in [5.74, 6) is 0.320. The second-order valence-corrected chi connectivity index (χ2v) is 7.68. The van der Waals surface area contributed by atoms with Crippen molar-refractivity contribution in [2.75, 3.05) is 5.75 Å². The lowest BCUT2D eigenvalue weighted by Crippen LogP contribution is -2.08. The molecule has 0 saturated heterocycles. The number of hydrogen-bond donors (Lipinski definition) is 2. The molecule has 1 aliphatic rings. The van der Waals surface area contributed by atoms with Crippen LogP contribution in [-0.4, -0.2) is 33.2 Å². The average Bonchev–Trinajstić information content (AvgIpc) is 3.42. The van der Waals surface area contributed by atoms with E-state index >= 15 is 0 Å². The molecule has 0 bridgehead atoms. The molecule has 1 atom stereocenters. The Hall–Kier alpha value is -3.12. The van der Waals surface area contributed by atoms with Crippen LogP contribution in [0.25, 0.3) is 22.6 Å². The molecule has 0 fully saturated rings. The molecule has 0 saturated carbocycles. The van der Waals surface area contributed by atoms with Gasteiger partial charge in [0.05, 0.1) is 11.7 Å². The number of carbonyl (C=O) groups is 1. The second-order valence-electron chi connectivity index (χ2n) is 6.88. The molecule has 2 N–H and O–H groups in total. The molecule has 1 aliphatic heterocycles. The Bertz CT molecular complexity index is 1130. The van der Waals surface area contributed by atoms with Crippen LogP contribution in [0.4, 0.5) is 0 Å². The summed E-state index contributed by atoms with van der Waals surface area (Å²) in [5.41, 5.74) is 6.70. The van der Waals surface area contributed by atoms with E-state index in [1.54, 1.807) is 18.0 Å². The van der Waals surface area contributed by atoms with Crippen LogP contribution in [0.2, 0.25) is 0 Å². The molecule has 1 aromatic heterocycles. The number of benzene rings is 2. The Kier molecular flexibility index (Phi) is 5.62. The molecule has 0 spiro atoms. The number of allylic oxidation sites excluding steroid dienone is 1. The SMILES string of the molecule is CC/C(=C(/c1ccc(/C=C/C(=O)O)cc1)c1ccc2[nH]ncc2c1)C1C=NSC1. The van der Waals surface area contributed by atoms with E-state index in [1.807, 2.05) is 24.5 Å². The van der Waals surface area contributed by atoms with Gasteiger partial charge < -0.3 is 5.11 Å². The molecule has 3 aromatic rings. The number of carboxylic acid groups (broad SMARTS) is 1. The lowest BCUT2D eigenvalue weighted by Gasteiger charge is -2.19. The summed E-state index contributed by atoms with van der Waals surface area (Å²) in [7, 11) is 0. The molecule has 2 heterocycles. The average molecular weight is 404 g/mol. The normalized spacial score (nSPS) is 17.2. The van der Waals surface area contributed by atoms with E-state index in [2.05, 4.69) is 51.9 Å². The fourth-order valence-electron chi connectivity index (χ4n) is 3.66. The van der Waals surface area contributed by atoms with Crippen LogP contribution >= 0.6 is 11.9 Å². The van der Waals surface area contributed by atoms with Crippen LogP contribution in [0.1, 0.15) is 30.0 Å². The van der Waals surface area contributed by atoms with Crippen molar-refractivity contribution in [2.45, 2.75) is 13.3 Å². The summed E-state index contributed by atoms with van der Waals surface area (Å²) < 4.78 is 4.38. The first kappa shape index (κ1) is 19.2. The second kappa shape index (κ2) is 8.49. The lowest BCUT2D eigenvalue weighted by molar-refractivity contribution is -0.131. The highest BCUT2D eigenvalue weighted by Gasteiger charge is 2.21. The molecule has 146 valence electrons. The number of aromatic amines is 1. The van der Waals surface area contributed by atoms with E-state index in [0.29, 0.717) is 5.92 Å². The van der Waals surface area contributed by atoms with Gasteiger partial charge in [-0.3, -0.25) is 5.10 Å². The smallest absolute Gasteiger partial charge is 0.328 e. The number of nitrogens with zero attached hydrogens (tertiary/aromatic N) is 2. The Morgan fingerprint density at radius 3 is 2.72 bits per heavy atom. The van der Waals surface area contributed by atoms with E-state index in [-0.39, 0.29) is 0 Å². The highest BCUT2D eigenvalue weighted by atomic mass is 32.2. The Labute approximate surface area is 173 Å². The maximum atomic E-state index is 10.8. The number of aromatic nitrogens is 2. The Balaban J connectivity index is 1.83. The van der Waals surface area contributed by atoms with Gasteiger partial charge in [0.15, 0.2) is 0 Å². The van der Waals surface area contributed by atoms with E-state index in [4.69, 9.17) is 5.11 Å². The largest absolute Gasteiger partial charge is 0.478 e. The molecule has 5 nitrogen and oxygen atoms in total. The Morgan fingerprint density at radius 1 is 1.24 bits per heavy atom. The first-order chi connectivity index (χ1) is 14.2. The monoisotopic (exact) mass is 403 g/mol. The Morgan fingerprint density at radius 2 is 2.03 bits per heavy atom. The van der Waals surface area contributed by atoms with Gasteiger partial charge in [-0.1, -0.05) is 42.8 Å². The predicted octanol–water partition coefficient (Wildman–Crippen LogP) is 5.22. The first-order valence-electron chi connectivity index (χ1n) is 9.49. The van der Waals surface area contributed by atoms with Crippen LogP contribution in [0, 0.1) is 5.92 Å². The number of aliphatic carboxylic acids is 1. The van der Waals surface area contributed by atoms with Crippen molar-refractivity contribution in [2.24, 2.45) is 10.3 Å². The number of fused-ring (bicyclic) bond motifs is 1. The number of hydrogen-bond acceptors (Lipinski definition) is 4. The van der Waals surface area contributed by atoms with Gasteiger partial charge in [0.1, 0.15) is 0 Å². The van der Waals surface area contributed by atoms with Crippen LogP contribution in [0.3, 0.4) is 0 Å². The zero-order valence-electron chi connectivity index (χ0n) is 16.0. The molecule has 29 heavy (non-hydrogen) atoms. The van der Waals surface area contributed by atoms with Crippen molar-refractivity contribution in [1.29, 1.82) is 0 Å². The summed E-state index contributed by atoms with van der Waals surface area (Å²) in [6, 6.07) is 14.4. The summed E-state index contributed by atoms with van der Waals surface area (Å²) >= 11 is 1.60. The quantitative estimate of drug-likeness (QED) is 0.437. The molecular formula is C23H21N3O2S. The molecule has 0 aliphatic carbocycles. The van der Waals surface area contributed by atoms with E-state index in [1.165, 1.54) is 11.1 Å². The number of carboxylic acids is 1. The van der Waals surface area contributed by atoms with Crippen molar-refractivity contribution in [3.8, 4) is 0 Å². The van der Waals surface area contributed by atoms with E-state index < -0.39 is 5.97 Å². The zero-order chi connectivity index (χ0) is 20.2. The molecule has 0 radical (unpaired) electrons. The maximum Gasteiger partial charge on any atom is 0.328 e. The van der Waals surface area contributed by atoms with Crippen molar-refractivity contribution >= 4 is 46.7 Å². The lowest BCUT2D eigenvalue weighted by atomic mass is 9.85. The van der Waals surface area contributed by atoms with Gasteiger partial charge in [-0.05, 0) is 58.8 Å². The van der Waals surface area contributed by atoms with Gasteiger partial charge in [0.25, 0.3) is 0 Å². The zero-order valence-corrected chi connectivity index (χ0v) is 16.8. The number of nitrogens with one attached hydrogen (secondary N) is 1. The van der Waals surface area contributed by atoms with Crippen molar-refractivity contribution in [3.05, 3.63) is 77.0 Å². The molecular weight excluding hydrogens is 382 g/mol. The van der Waals surface area contributed by atoms with Crippen LogP contribution in [0.15, 0.2) is 64.7 Å². The molecule has 1 unspecified atom stereocenters. The van der Waals surface area contributed by atoms with Gasteiger partial charge in [0.2, 0.25) is 0 Å². The molecule has 4 rings (SSSR count). The minimum absolute atomic E-state index is 0.312. The van der Waals surface area contributed by atoms with Crippen molar-refractivity contribution in [1.82, 2.24) is 10.2 Å². The highest BCUT2D eigenvalue weighted by Crippen LogP contribution is 2.36. The topological polar surface area (TPSA) is 78.3 Å². The standard InChI is InChI=1S/C23H21N3O2S/c1-2-20(19-13-25-29-14-19)23(17-8-9-21-18(11-17)12-24-26-21)16-6-3-15(4-7-16)5-10-22(27)28/h3-13,19H,2,14H2,1H3,(H,24,26)(H,27,28)/b10-5+,23-20+. The third kappa shape index (κ3) is 4.17. The predicted molar refractivity (Wildman–Crippen MR) is 120 cm³/mol. The number of rotatable bonds is 6. The minimum Gasteiger partial charge on any atom is -0.478 e. The van der Waals surface area contributed by atoms with E-state index in [9.17, 15) is 4.79 Å². The maximum absolute atomic E-state index is 10.8. The molecule has 2 aromatic carbocycles. The number of H-pyrrole nitrogens is 1. The molecule has 0 amide bonds. The highest BCUT2D eigenvalue weighted by molar-refractivity contribution is 7.98. The van der Waals surface area contributed by atoms with Gasteiger partial charge in [-0.2, -0.15) is 5.10 Å². The van der Waals surface area contributed by atoms with Crippen molar-refractivity contribution in [3.63, 3.8) is 0 Å². The summed E-state index contributed by atoms with van der Waals surface area (Å²) in [6.45, 7) is 2.19. The fourth-order valence-corrected chi connectivity index (χ4v) is 4.43. The van der Waals surface area contributed by atoms with Crippen molar-refractivity contribution < 1.29 is 9.90 Å². The van der Waals surface area contributed by atoms with Crippen LogP contribution < -0.4 is 0 Å². The van der Waals surface area contributed by atoms with E-state index in [0.717, 1.165) is 45.8 Å². The summed E-state index contributed by atoms with van der Waals surface area (Å²) in [4.78, 5) is 10.8.